The van der Waals surface area contributed by atoms with E-state index in [4.69, 9.17) is 5.73 Å². The van der Waals surface area contributed by atoms with Crippen molar-refractivity contribution >= 4 is 21.6 Å². The second-order valence-electron chi connectivity index (χ2n) is 3.94. The minimum absolute atomic E-state index is 0.805. The molecule has 0 atom stereocenters. The Balaban J connectivity index is 1.88. The summed E-state index contributed by atoms with van der Waals surface area (Å²) in [6.07, 6.45) is 0. The third-order valence-electron chi connectivity index (χ3n) is 2.58. The van der Waals surface area contributed by atoms with Gasteiger partial charge in [0.05, 0.1) is 0 Å². The van der Waals surface area contributed by atoms with E-state index in [9.17, 15) is 0 Å². The summed E-state index contributed by atoms with van der Waals surface area (Å²) in [6, 6.07) is 16.2. The first-order valence-electron chi connectivity index (χ1n) is 5.54. The number of anilines is 1. The Kier molecular flexibility index (Phi) is 4.18. The van der Waals surface area contributed by atoms with E-state index in [0.717, 1.165) is 23.2 Å². The quantitative estimate of drug-likeness (QED) is 0.848. The van der Waals surface area contributed by atoms with E-state index in [-0.39, 0.29) is 0 Å². The van der Waals surface area contributed by atoms with E-state index in [2.05, 4.69) is 33.4 Å². The van der Waals surface area contributed by atoms with Gasteiger partial charge in [0, 0.05) is 23.2 Å². The number of rotatable bonds is 4. The fourth-order valence-electron chi connectivity index (χ4n) is 1.62. The maximum absolute atomic E-state index is 5.64. The molecule has 0 aliphatic carbocycles. The zero-order valence-corrected chi connectivity index (χ0v) is 11.1. The Morgan fingerprint density at radius 3 is 2.35 bits per heavy atom. The maximum Gasteiger partial charge on any atom is 0.0314 e. The van der Waals surface area contributed by atoms with Gasteiger partial charge in [0.15, 0.2) is 0 Å². The topological polar surface area (TPSA) is 38.0 Å². The summed E-state index contributed by atoms with van der Waals surface area (Å²) in [7, 11) is 0. The zero-order valence-electron chi connectivity index (χ0n) is 9.49. The van der Waals surface area contributed by atoms with Gasteiger partial charge in [-0.1, -0.05) is 46.3 Å². The molecule has 0 saturated heterocycles. The fourth-order valence-corrected chi connectivity index (χ4v) is 2.04. The van der Waals surface area contributed by atoms with Crippen molar-refractivity contribution < 1.29 is 0 Å². The van der Waals surface area contributed by atoms with Gasteiger partial charge in [0.25, 0.3) is 0 Å². The van der Waals surface area contributed by atoms with Crippen LogP contribution in [0.4, 0.5) is 5.69 Å². The second kappa shape index (κ2) is 5.84. The summed E-state index contributed by atoms with van der Waals surface area (Å²) in [5.41, 5.74) is 8.95. The average Bonchev–Trinajstić information content (AvgIpc) is 2.34. The summed E-state index contributed by atoms with van der Waals surface area (Å²) in [5.74, 6) is 0. The van der Waals surface area contributed by atoms with Crippen molar-refractivity contribution in [3.63, 3.8) is 0 Å². The van der Waals surface area contributed by atoms with Gasteiger partial charge in [0.2, 0.25) is 0 Å². The molecule has 3 heteroatoms. The molecule has 0 fully saturated rings. The van der Waals surface area contributed by atoms with Crippen molar-refractivity contribution in [1.29, 1.82) is 0 Å². The molecule has 88 valence electrons. The van der Waals surface area contributed by atoms with Crippen LogP contribution in [-0.4, -0.2) is 0 Å². The van der Waals surface area contributed by atoms with Gasteiger partial charge in [-0.05, 0) is 29.3 Å². The Hall–Kier alpha value is -1.32. The van der Waals surface area contributed by atoms with Crippen LogP contribution < -0.4 is 11.1 Å². The monoisotopic (exact) mass is 290 g/mol. The van der Waals surface area contributed by atoms with Crippen LogP contribution >= 0.6 is 15.9 Å². The molecular weight excluding hydrogens is 276 g/mol. The first-order valence-corrected chi connectivity index (χ1v) is 6.33. The van der Waals surface area contributed by atoms with Crippen molar-refractivity contribution in [2.75, 3.05) is 5.73 Å². The molecule has 3 N–H and O–H groups in total. The molecule has 0 aromatic heterocycles. The lowest BCUT2D eigenvalue weighted by atomic mass is 10.2. The number of nitrogens with one attached hydrogen (secondary N) is 1. The van der Waals surface area contributed by atoms with E-state index < -0.39 is 0 Å². The van der Waals surface area contributed by atoms with Crippen LogP contribution in [0.15, 0.2) is 53.0 Å². The summed E-state index contributed by atoms with van der Waals surface area (Å²) in [6.45, 7) is 1.70. The highest BCUT2D eigenvalue weighted by Crippen LogP contribution is 2.15. The summed E-state index contributed by atoms with van der Waals surface area (Å²) in [4.78, 5) is 0. The van der Waals surface area contributed by atoms with Gasteiger partial charge >= 0.3 is 0 Å². The van der Waals surface area contributed by atoms with Crippen LogP contribution in [0.3, 0.4) is 0 Å². The Bertz CT molecular complexity index is 480. The van der Waals surface area contributed by atoms with Crippen LogP contribution in [0.1, 0.15) is 11.1 Å². The van der Waals surface area contributed by atoms with Crippen molar-refractivity contribution in [3.8, 4) is 0 Å². The largest absolute Gasteiger partial charge is 0.399 e. The molecule has 0 heterocycles. The number of halogens is 1. The van der Waals surface area contributed by atoms with E-state index >= 15 is 0 Å². The van der Waals surface area contributed by atoms with Gasteiger partial charge in [-0.3, -0.25) is 0 Å². The average molecular weight is 291 g/mol. The lowest BCUT2D eigenvalue weighted by molar-refractivity contribution is 0.691. The molecule has 2 nitrogen and oxygen atoms in total. The highest BCUT2D eigenvalue weighted by Gasteiger charge is 1.98. The lowest BCUT2D eigenvalue weighted by Crippen LogP contribution is -2.12. The molecule has 0 saturated carbocycles. The summed E-state index contributed by atoms with van der Waals surface area (Å²) >= 11 is 3.54. The van der Waals surface area contributed by atoms with Crippen LogP contribution in [-0.2, 0) is 13.1 Å². The summed E-state index contributed by atoms with van der Waals surface area (Å²) < 4.78 is 1.14. The van der Waals surface area contributed by atoms with Gasteiger partial charge < -0.3 is 11.1 Å². The molecule has 0 unspecified atom stereocenters. The van der Waals surface area contributed by atoms with Gasteiger partial charge in [-0.2, -0.15) is 0 Å². The molecular formula is C14H15BrN2. The lowest BCUT2D eigenvalue weighted by Gasteiger charge is -2.07. The van der Waals surface area contributed by atoms with Crippen molar-refractivity contribution in [3.05, 3.63) is 64.1 Å². The smallest absolute Gasteiger partial charge is 0.0314 e. The first-order chi connectivity index (χ1) is 8.25. The highest BCUT2D eigenvalue weighted by molar-refractivity contribution is 9.10. The maximum atomic E-state index is 5.64. The van der Waals surface area contributed by atoms with Gasteiger partial charge in [0.1, 0.15) is 0 Å². The minimum Gasteiger partial charge on any atom is -0.399 e. The fraction of sp³-hybridized carbons (Fsp3) is 0.143. The van der Waals surface area contributed by atoms with Crippen molar-refractivity contribution in [1.82, 2.24) is 5.32 Å². The molecule has 2 aromatic rings. The van der Waals surface area contributed by atoms with Gasteiger partial charge in [-0.25, -0.2) is 0 Å². The minimum atomic E-state index is 0.805. The molecule has 0 bridgehead atoms. The molecule has 0 aliphatic rings. The number of hydrogen-bond acceptors (Lipinski definition) is 2. The number of hydrogen-bond donors (Lipinski definition) is 2. The molecule has 2 aromatic carbocycles. The molecule has 0 radical (unpaired) electrons. The van der Waals surface area contributed by atoms with E-state index in [1.807, 2.05) is 36.4 Å². The van der Waals surface area contributed by atoms with Crippen LogP contribution in [0, 0.1) is 0 Å². The van der Waals surface area contributed by atoms with E-state index in [1.54, 1.807) is 0 Å². The normalized spacial score (nSPS) is 10.4. The number of benzene rings is 2. The van der Waals surface area contributed by atoms with Crippen LogP contribution in [0.25, 0.3) is 0 Å². The molecule has 0 spiro atoms. The van der Waals surface area contributed by atoms with Crippen LogP contribution in [0.5, 0.6) is 0 Å². The first kappa shape index (κ1) is 12.1. The van der Waals surface area contributed by atoms with Crippen molar-refractivity contribution in [2.45, 2.75) is 13.1 Å². The molecule has 2 rings (SSSR count). The van der Waals surface area contributed by atoms with Gasteiger partial charge in [-0.15, -0.1) is 0 Å². The van der Waals surface area contributed by atoms with Crippen LogP contribution in [0.2, 0.25) is 0 Å². The molecule has 0 amide bonds. The number of nitrogens with two attached hydrogens (primary N) is 1. The standard InChI is InChI=1S/C14H15BrN2/c15-14-4-2-1-3-12(14)10-17-9-11-5-7-13(16)8-6-11/h1-8,17H,9-10,16H2. The predicted octanol–water partition coefficient (Wildman–Crippen LogP) is 3.32. The Morgan fingerprint density at radius 2 is 1.65 bits per heavy atom. The predicted molar refractivity (Wildman–Crippen MR) is 75.5 cm³/mol. The SMILES string of the molecule is Nc1ccc(CNCc2ccccc2Br)cc1. The second-order valence-corrected chi connectivity index (χ2v) is 4.79. The van der Waals surface area contributed by atoms with E-state index in [1.165, 1.54) is 11.1 Å². The van der Waals surface area contributed by atoms with E-state index in [0.29, 0.717) is 0 Å². The zero-order chi connectivity index (χ0) is 12.1. The Labute approximate surface area is 110 Å². The third-order valence-corrected chi connectivity index (χ3v) is 3.36. The highest BCUT2D eigenvalue weighted by atomic mass is 79.9. The van der Waals surface area contributed by atoms with Crippen molar-refractivity contribution in [2.24, 2.45) is 0 Å². The summed E-state index contributed by atoms with van der Waals surface area (Å²) in [5, 5.41) is 3.41. The third kappa shape index (κ3) is 3.58. The molecule has 0 aliphatic heterocycles. The molecule has 17 heavy (non-hydrogen) atoms. The number of nitrogen functional groups attached to an aromatic ring is 1. The Morgan fingerprint density at radius 1 is 0.941 bits per heavy atom.